The largest absolute Gasteiger partial charge is 0.417 e. The summed E-state index contributed by atoms with van der Waals surface area (Å²) >= 11 is 0. The van der Waals surface area contributed by atoms with Crippen LogP contribution in [0, 0.1) is 6.92 Å². The molecule has 1 aliphatic rings. The molecule has 0 saturated carbocycles. The monoisotopic (exact) mass is 279 g/mol. The number of hydrogen-bond donors (Lipinski definition) is 0. The number of hydrogen-bond acceptors (Lipinski definition) is 1. The summed E-state index contributed by atoms with van der Waals surface area (Å²) in [5, 5.41) is 0. The smallest absolute Gasteiger partial charge is 0.340 e. The number of carbonyl (C=O) groups is 1. The van der Waals surface area contributed by atoms with Gasteiger partial charge < -0.3 is 4.57 Å². The fourth-order valence-corrected chi connectivity index (χ4v) is 2.55. The lowest BCUT2D eigenvalue weighted by atomic mass is 10.0. The van der Waals surface area contributed by atoms with Gasteiger partial charge in [0.2, 0.25) is 0 Å². The molecule has 2 heterocycles. The van der Waals surface area contributed by atoms with Crippen molar-refractivity contribution >= 4 is 5.78 Å². The average molecular weight is 279 g/mol. The Morgan fingerprint density at radius 2 is 1.90 bits per heavy atom. The summed E-state index contributed by atoms with van der Waals surface area (Å²) in [6.07, 6.45) is -3.25. The van der Waals surface area contributed by atoms with E-state index >= 15 is 0 Å². The van der Waals surface area contributed by atoms with E-state index in [4.69, 9.17) is 0 Å². The summed E-state index contributed by atoms with van der Waals surface area (Å²) in [5.74, 6) is -0.275. The molecule has 0 unspecified atom stereocenters. The summed E-state index contributed by atoms with van der Waals surface area (Å²) in [6, 6.07) is 6.65. The molecule has 20 heavy (non-hydrogen) atoms. The first kappa shape index (κ1) is 13.0. The molecule has 0 radical (unpaired) electrons. The molecule has 0 saturated heterocycles. The number of rotatable bonds is 0. The maximum Gasteiger partial charge on any atom is 0.417 e. The molecule has 104 valence electrons. The van der Waals surface area contributed by atoms with Crippen molar-refractivity contribution in [2.45, 2.75) is 26.1 Å². The molecule has 1 aromatic carbocycles. The van der Waals surface area contributed by atoms with E-state index in [0.717, 1.165) is 29.0 Å². The zero-order valence-corrected chi connectivity index (χ0v) is 10.8. The normalized spacial score (nSPS) is 14.7. The third-order valence-electron chi connectivity index (χ3n) is 3.56. The summed E-state index contributed by atoms with van der Waals surface area (Å²) in [6.45, 7) is 2.22. The zero-order chi connectivity index (χ0) is 14.5. The first-order valence-corrected chi connectivity index (χ1v) is 6.23. The van der Waals surface area contributed by atoms with Gasteiger partial charge in [-0.05, 0) is 24.1 Å². The summed E-state index contributed by atoms with van der Waals surface area (Å²) in [5.41, 5.74) is 2.19. The molecule has 3 rings (SSSR count). The summed E-state index contributed by atoms with van der Waals surface area (Å²) in [7, 11) is 0. The quantitative estimate of drug-likeness (QED) is 0.722. The molecule has 0 atom stereocenters. The predicted octanol–water partition coefficient (Wildman–Crippen LogP) is 3.60. The number of aromatic nitrogens is 1. The standard InChI is InChI=1S/C15H12F3NO/c1-9-2-3-10-5-14(20)13-6-12(15(16,17)18)8-19(13)7-11(10)4-9/h2-4,6,8H,5,7H2,1H3. The van der Waals surface area contributed by atoms with Crippen LogP contribution in [0.2, 0.25) is 0 Å². The van der Waals surface area contributed by atoms with E-state index in [0.29, 0.717) is 6.54 Å². The highest BCUT2D eigenvalue weighted by atomic mass is 19.4. The minimum atomic E-state index is -4.42. The van der Waals surface area contributed by atoms with Gasteiger partial charge in [-0.2, -0.15) is 13.2 Å². The number of ketones is 1. The Balaban J connectivity index is 2.11. The average Bonchev–Trinajstić information content (AvgIpc) is 2.71. The molecule has 2 nitrogen and oxygen atoms in total. The number of Topliss-reactive ketones (excluding diaryl/α,β-unsaturated/α-hetero) is 1. The second-order valence-electron chi connectivity index (χ2n) is 5.11. The number of benzene rings is 1. The van der Waals surface area contributed by atoms with Crippen LogP contribution < -0.4 is 0 Å². The van der Waals surface area contributed by atoms with Gasteiger partial charge >= 0.3 is 6.18 Å². The Morgan fingerprint density at radius 3 is 2.60 bits per heavy atom. The third kappa shape index (κ3) is 2.13. The summed E-state index contributed by atoms with van der Waals surface area (Å²) in [4.78, 5) is 12.1. The molecule has 0 amide bonds. The van der Waals surface area contributed by atoms with Gasteiger partial charge in [-0.15, -0.1) is 0 Å². The van der Waals surface area contributed by atoms with Crippen LogP contribution in [0.15, 0.2) is 30.5 Å². The Labute approximate surface area is 113 Å². The minimum Gasteiger partial charge on any atom is -0.340 e. The Bertz CT molecular complexity index is 698. The van der Waals surface area contributed by atoms with Crippen LogP contribution in [-0.4, -0.2) is 10.4 Å². The third-order valence-corrected chi connectivity index (χ3v) is 3.56. The Morgan fingerprint density at radius 1 is 1.15 bits per heavy atom. The van der Waals surface area contributed by atoms with Crippen LogP contribution in [-0.2, 0) is 19.1 Å². The van der Waals surface area contributed by atoms with Crippen molar-refractivity contribution in [2.24, 2.45) is 0 Å². The van der Waals surface area contributed by atoms with Gasteiger partial charge in [-0.25, -0.2) is 0 Å². The predicted molar refractivity (Wildman–Crippen MR) is 67.7 cm³/mol. The van der Waals surface area contributed by atoms with Crippen molar-refractivity contribution in [2.75, 3.05) is 0 Å². The van der Waals surface area contributed by atoms with E-state index in [2.05, 4.69) is 0 Å². The lowest BCUT2D eigenvalue weighted by molar-refractivity contribution is -0.137. The van der Waals surface area contributed by atoms with Crippen molar-refractivity contribution in [3.8, 4) is 0 Å². The van der Waals surface area contributed by atoms with Gasteiger partial charge in [-0.1, -0.05) is 23.8 Å². The van der Waals surface area contributed by atoms with Crippen LogP contribution in [0.1, 0.15) is 32.7 Å². The maximum absolute atomic E-state index is 12.7. The molecule has 1 aromatic heterocycles. The lowest BCUT2D eigenvalue weighted by Crippen LogP contribution is -2.05. The molecule has 2 aromatic rings. The number of alkyl halides is 3. The topological polar surface area (TPSA) is 22.0 Å². The molecule has 0 spiro atoms. The molecule has 0 N–H and O–H groups in total. The van der Waals surface area contributed by atoms with Crippen molar-refractivity contribution < 1.29 is 18.0 Å². The Hall–Kier alpha value is -2.04. The fraction of sp³-hybridized carbons (Fsp3) is 0.267. The van der Waals surface area contributed by atoms with Crippen LogP contribution in [0.4, 0.5) is 13.2 Å². The van der Waals surface area contributed by atoms with Crippen molar-refractivity contribution in [1.29, 1.82) is 0 Å². The van der Waals surface area contributed by atoms with Gasteiger partial charge in [0.25, 0.3) is 0 Å². The summed E-state index contributed by atoms with van der Waals surface area (Å²) < 4.78 is 39.6. The lowest BCUT2D eigenvalue weighted by Gasteiger charge is -2.08. The van der Waals surface area contributed by atoms with Crippen LogP contribution in [0.3, 0.4) is 0 Å². The van der Waals surface area contributed by atoms with Crippen LogP contribution in [0.5, 0.6) is 0 Å². The van der Waals surface area contributed by atoms with Crippen LogP contribution >= 0.6 is 0 Å². The second-order valence-corrected chi connectivity index (χ2v) is 5.11. The highest BCUT2D eigenvalue weighted by Crippen LogP contribution is 2.32. The van der Waals surface area contributed by atoms with Gasteiger partial charge in [0.05, 0.1) is 11.3 Å². The van der Waals surface area contributed by atoms with Crippen molar-refractivity contribution in [3.05, 3.63) is 58.4 Å². The van der Waals surface area contributed by atoms with Gasteiger partial charge in [0.1, 0.15) is 0 Å². The van der Waals surface area contributed by atoms with E-state index in [-0.39, 0.29) is 17.9 Å². The number of fused-ring (bicyclic) bond motifs is 2. The molecule has 0 bridgehead atoms. The Kier molecular flexibility index (Phi) is 2.74. The number of aryl methyl sites for hydroxylation is 1. The number of halogens is 3. The van der Waals surface area contributed by atoms with E-state index in [1.54, 1.807) is 0 Å². The highest BCUT2D eigenvalue weighted by molar-refractivity contribution is 5.97. The fourth-order valence-electron chi connectivity index (χ4n) is 2.55. The second kappa shape index (κ2) is 4.23. The van der Waals surface area contributed by atoms with Crippen LogP contribution in [0.25, 0.3) is 0 Å². The highest BCUT2D eigenvalue weighted by Gasteiger charge is 2.34. The zero-order valence-electron chi connectivity index (χ0n) is 10.8. The number of nitrogens with zero attached hydrogens (tertiary/aromatic N) is 1. The van der Waals surface area contributed by atoms with Crippen molar-refractivity contribution in [1.82, 2.24) is 4.57 Å². The first-order valence-electron chi connectivity index (χ1n) is 6.23. The van der Waals surface area contributed by atoms with E-state index in [1.807, 2.05) is 25.1 Å². The van der Waals surface area contributed by atoms with Gasteiger partial charge in [0.15, 0.2) is 5.78 Å². The van der Waals surface area contributed by atoms with Crippen molar-refractivity contribution in [3.63, 3.8) is 0 Å². The van der Waals surface area contributed by atoms with E-state index in [9.17, 15) is 18.0 Å². The maximum atomic E-state index is 12.7. The van der Waals surface area contributed by atoms with E-state index in [1.165, 1.54) is 4.57 Å². The van der Waals surface area contributed by atoms with E-state index < -0.39 is 11.7 Å². The molecule has 1 aliphatic heterocycles. The van der Waals surface area contributed by atoms with Gasteiger partial charge in [-0.3, -0.25) is 4.79 Å². The molecular formula is C15H12F3NO. The molecule has 0 aliphatic carbocycles. The molecule has 0 fully saturated rings. The van der Waals surface area contributed by atoms with Gasteiger partial charge in [0, 0.05) is 19.2 Å². The molecular weight excluding hydrogens is 267 g/mol. The number of carbonyl (C=O) groups excluding carboxylic acids is 1. The first-order chi connectivity index (χ1) is 9.34. The minimum absolute atomic E-state index is 0.131. The SMILES string of the molecule is Cc1ccc2c(c1)Cn1cc(C(F)(F)F)cc1C(=O)C2. The molecule has 5 heteroatoms.